The first-order valence-corrected chi connectivity index (χ1v) is 7.21. The summed E-state index contributed by atoms with van der Waals surface area (Å²) in [5.74, 6) is 0.936. The molecule has 0 saturated carbocycles. The molecule has 0 heterocycles. The second kappa shape index (κ2) is 9.56. The molecule has 1 aromatic carbocycles. The molecule has 1 aromatic rings. The molecule has 0 amide bonds. The highest BCUT2D eigenvalue weighted by molar-refractivity contribution is 5.20. The van der Waals surface area contributed by atoms with Crippen LogP contribution in [-0.2, 0) is 4.74 Å². The Labute approximate surface area is 123 Å². The topological polar surface area (TPSA) is 30.5 Å². The maximum atomic E-state index is 5.71. The van der Waals surface area contributed by atoms with Gasteiger partial charge in [0.1, 0.15) is 5.75 Å². The molecule has 0 radical (unpaired) electrons. The van der Waals surface area contributed by atoms with Crippen LogP contribution in [0.15, 0.2) is 43.0 Å². The van der Waals surface area contributed by atoms with Crippen LogP contribution in [-0.4, -0.2) is 33.4 Å². The van der Waals surface area contributed by atoms with Gasteiger partial charge in [-0.2, -0.15) is 0 Å². The average Bonchev–Trinajstić information content (AvgIpc) is 2.49. The van der Waals surface area contributed by atoms with Gasteiger partial charge in [0.25, 0.3) is 0 Å². The highest BCUT2D eigenvalue weighted by Crippen LogP contribution is 2.23. The largest absolute Gasteiger partial charge is 0.494 e. The van der Waals surface area contributed by atoms with Crippen LogP contribution < -0.4 is 10.1 Å². The molecule has 0 aliphatic rings. The number of methoxy groups -OCH3 is 1. The summed E-state index contributed by atoms with van der Waals surface area (Å²) in [7, 11) is 1.72. The molecule has 0 aromatic heterocycles. The van der Waals surface area contributed by atoms with Gasteiger partial charge in [-0.15, -0.1) is 6.58 Å². The number of benzene rings is 1. The van der Waals surface area contributed by atoms with E-state index in [1.165, 1.54) is 0 Å². The third-order valence-corrected chi connectivity index (χ3v) is 3.41. The number of para-hydroxylation sites is 1. The van der Waals surface area contributed by atoms with Gasteiger partial charge in [0.05, 0.1) is 13.2 Å². The molecular formula is C17H27NO2. The molecule has 112 valence electrons. The minimum absolute atomic E-state index is 0.105. The molecule has 1 rings (SSSR count). The predicted octanol–water partition coefficient (Wildman–Crippen LogP) is 3.27. The summed E-state index contributed by atoms with van der Waals surface area (Å²) in [6.07, 6.45) is 4.11. The highest BCUT2D eigenvalue weighted by atomic mass is 16.5. The fourth-order valence-electron chi connectivity index (χ4n) is 1.99. The van der Waals surface area contributed by atoms with Crippen LogP contribution in [0, 0.1) is 5.41 Å². The standard InChI is InChI=1S/C17H27NO2/c1-4-17(2,15-18-12-14-19-3)11-8-13-20-16-9-6-5-7-10-16/h4-7,9-10,18H,1,8,11-15H2,2-3H3. The van der Waals surface area contributed by atoms with Crippen molar-refractivity contribution in [3.63, 3.8) is 0 Å². The Morgan fingerprint density at radius 1 is 1.25 bits per heavy atom. The molecule has 0 aliphatic carbocycles. The van der Waals surface area contributed by atoms with Crippen LogP contribution in [0.5, 0.6) is 5.75 Å². The second-order valence-electron chi connectivity index (χ2n) is 5.29. The first-order chi connectivity index (χ1) is 9.70. The highest BCUT2D eigenvalue weighted by Gasteiger charge is 2.19. The molecule has 0 saturated heterocycles. The molecule has 3 nitrogen and oxygen atoms in total. The fraction of sp³-hybridized carbons (Fsp3) is 0.529. The van der Waals surface area contributed by atoms with Crippen molar-refractivity contribution in [1.29, 1.82) is 0 Å². The number of hydrogen-bond donors (Lipinski definition) is 1. The van der Waals surface area contributed by atoms with Crippen molar-refractivity contribution in [2.75, 3.05) is 33.4 Å². The van der Waals surface area contributed by atoms with Gasteiger partial charge in [-0.25, -0.2) is 0 Å². The van der Waals surface area contributed by atoms with Crippen LogP contribution in [0.3, 0.4) is 0 Å². The molecule has 1 unspecified atom stereocenters. The van der Waals surface area contributed by atoms with Crippen molar-refractivity contribution in [1.82, 2.24) is 5.32 Å². The molecule has 3 heteroatoms. The van der Waals surface area contributed by atoms with E-state index in [0.29, 0.717) is 0 Å². The van der Waals surface area contributed by atoms with Crippen molar-refractivity contribution >= 4 is 0 Å². The summed E-state index contributed by atoms with van der Waals surface area (Å²) in [6.45, 7) is 9.46. The van der Waals surface area contributed by atoms with E-state index in [2.05, 4.69) is 18.8 Å². The van der Waals surface area contributed by atoms with E-state index >= 15 is 0 Å². The number of ether oxygens (including phenoxy) is 2. The molecule has 0 bridgehead atoms. The van der Waals surface area contributed by atoms with Gasteiger partial charge in [0, 0.05) is 20.2 Å². The van der Waals surface area contributed by atoms with Crippen LogP contribution in [0.1, 0.15) is 19.8 Å². The number of nitrogens with one attached hydrogen (secondary N) is 1. The summed E-state index contributed by atoms with van der Waals surface area (Å²) < 4.78 is 10.7. The van der Waals surface area contributed by atoms with E-state index in [-0.39, 0.29) is 5.41 Å². The van der Waals surface area contributed by atoms with Crippen LogP contribution in [0.4, 0.5) is 0 Å². The maximum absolute atomic E-state index is 5.71. The predicted molar refractivity (Wildman–Crippen MR) is 84.2 cm³/mol. The second-order valence-corrected chi connectivity index (χ2v) is 5.29. The molecule has 1 atom stereocenters. The van der Waals surface area contributed by atoms with Crippen molar-refractivity contribution in [3.05, 3.63) is 43.0 Å². The van der Waals surface area contributed by atoms with Gasteiger partial charge < -0.3 is 14.8 Å². The van der Waals surface area contributed by atoms with Crippen molar-refractivity contribution in [3.8, 4) is 5.75 Å². The SMILES string of the molecule is C=CC(C)(CCCOc1ccccc1)CNCCOC. The van der Waals surface area contributed by atoms with Gasteiger partial charge in [-0.05, 0) is 30.4 Å². The van der Waals surface area contributed by atoms with Gasteiger partial charge in [0.15, 0.2) is 0 Å². The lowest BCUT2D eigenvalue weighted by molar-refractivity contribution is 0.194. The summed E-state index contributed by atoms with van der Waals surface area (Å²) >= 11 is 0. The Morgan fingerprint density at radius 3 is 2.65 bits per heavy atom. The lowest BCUT2D eigenvalue weighted by Gasteiger charge is -2.26. The van der Waals surface area contributed by atoms with Gasteiger partial charge in [0.2, 0.25) is 0 Å². The van der Waals surface area contributed by atoms with E-state index in [0.717, 1.165) is 44.9 Å². The quantitative estimate of drug-likeness (QED) is 0.497. The Bertz CT molecular complexity index is 367. The summed E-state index contributed by atoms with van der Waals surface area (Å²) in [6, 6.07) is 9.94. The summed E-state index contributed by atoms with van der Waals surface area (Å²) in [4.78, 5) is 0. The molecule has 0 aliphatic heterocycles. The molecule has 0 fully saturated rings. The fourth-order valence-corrected chi connectivity index (χ4v) is 1.99. The third-order valence-electron chi connectivity index (χ3n) is 3.41. The molecule has 0 spiro atoms. The minimum Gasteiger partial charge on any atom is -0.494 e. The Hall–Kier alpha value is -1.32. The number of rotatable bonds is 11. The first kappa shape index (κ1) is 16.7. The Morgan fingerprint density at radius 2 is 2.00 bits per heavy atom. The van der Waals surface area contributed by atoms with E-state index in [4.69, 9.17) is 9.47 Å². The normalized spacial score (nSPS) is 13.7. The van der Waals surface area contributed by atoms with Gasteiger partial charge >= 0.3 is 0 Å². The zero-order chi connectivity index (χ0) is 14.7. The van der Waals surface area contributed by atoms with Crippen molar-refractivity contribution in [2.45, 2.75) is 19.8 Å². The number of hydrogen-bond acceptors (Lipinski definition) is 3. The van der Waals surface area contributed by atoms with Gasteiger partial charge in [-0.1, -0.05) is 31.2 Å². The molecule has 20 heavy (non-hydrogen) atoms. The smallest absolute Gasteiger partial charge is 0.119 e. The molecule has 1 N–H and O–H groups in total. The van der Waals surface area contributed by atoms with Crippen LogP contribution in [0.25, 0.3) is 0 Å². The van der Waals surface area contributed by atoms with Crippen LogP contribution >= 0.6 is 0 Å². The minimum atomic E-state index is 0.105. The van der Waals surface area contributed by atoms with Crippen LogP contribution in [0.2, 0.25) is 0 Å². The van der Waals surface area contributed by atoms with E-state index in [1.807, 2.05) is 36.4 Å². The maximum Gasteiger partial charge on any atom is 0.119 e. The monoisotopic (exact) mass is 277 g/mol. The first-order valence-electron chi connectivity index (χ1n) is 7.21. The third kappa shape index (κ3) is 6.73. The zero-order valence-electron chi connectivity index (χ0n) is 12.7. The Balaban J connectivity index is 2.21. The van der Waals surface area contributed by atoms with E-state index < -0.39 is 0 Å². The molecular weight excluding hydrogens is 250 g/mol. The average molecular weight is 277 g/mol. The van der Waals surface area contributed by atoms with E-state index in [9.17, 15) is 0 Å². The summed E-state index contributed by atoms with van der Waals surface area (Å²) in [5, 5.41) is 3.40. The van der Waals surface area contributed by atoms with Gasteiger partial charge in [-0.3, -0.25) is 0 Å². The lowest BCUT2D eigenvalue weighted by atomic mass is 9.85. The van der Waals surface area contributed by atoms with Crippen molar-refractivity contribution in [2.24, 2.45) is 5.41 Å². The Kier molecular flexibility index (Phi) is 8.00. The lowest BCUT2D eigenvalue weighted by Crippen LogP contribution is -2.32. The zero-order valence-corrected chi connectivity index (χ0v) is 12.7. The van der Waals surface area contributed by atoms with Crippen molar-refractivity contribution < 1.29 is 9.47 Å². The summed E-state index contributed by atoms with van der Waals surface area (Å²) in [5.41, 5.74) is 0.105. The van der Waals surface area contributed by atoms with E-state index in [1.54, 1.807) is 7.11 Å².